The van der Waals surface area contributed by atoms with Crippen molar-refractivity contribution >= 4 is 23.6 Å². The van der Waals surface area contributed by atoms with E-state index in [1.807, 2.05) is 48.5 Å². The molecule has 1 amide bonds. The van der Waals surface area contributed by atoms with Gasteiger partial charge >= 0.3 is 5.97 Å². The van der Waals surface area contributed by atoms with Gasteiger partial charge in [0.2, 0.25) is 6.23 Å². The van der Waals surface area contributed by atoms with Gasteiger partial charge in [-0.25, -0.2) is 0 Å². The molecule has 1 unspecified atom stereocenters. The minimum absolute atomic E-state index is 0.106. The zero-order chi connectivity index (χ0) is 15.5. The first-order valence-corrected chi connectivity index (χ1v) is 7.90. The van der Waals surface area contributed by atoms with E-state index in [-0.39, 0.29) is 5.91 Å². The summed E-state index contributed by atoms with van der Waals surface area (Å²) < 4.78 is 5.36. The first-order chi connectivity index (χ1) is 10.7. The largest absolute Gasteiger partial charge is 0.437 e. The van der Waals surface area contributed by atoms with Crippen LogP contribution in [0.4, 0.5) is 0 Å². The second kappa shape index (κ2) is 6.23. The molecule has 0 bridgehead atoms. The molecule has 0 spiro atoms. The topological polar surface area (TPSA) is 46.6 Å². The molecule has 1 heterocycles. The molecule has 2 aromatic carbocycles. The number of esters is 1. The fourth-order valence-corrected chi connectivity index (χ4v) is 3.30. The molecular formula is C17H15NO3S. The Morgan fingerprint density at radius 1 is 1.14 bits per heavy atom. The van der Waals surface area contributed by atoms with Crippen molar-refractivity contribution in [3.63, 3.8) is 0 Å². The Balaban J connectivity index is 1.83. The first-order valence-electron chi connectivity index (χ1n) is 6.92. The quantitative estimate of drug-likeness (QED) is 0.640. The zero-order valence-corrected chi connectivity index (χ0v) is 12.9. The number of thioether (sulfide) groups is 1. The summed E-state index contributed by atoms with van der Waals surface area (Å²) in [4.78, 5) is 26.6. The van der Waals surface area contributed by atoms with Crippen LogP contribution in [0.3, 0.4) is 0 Å². The Kier molecular flexibility index (Phi) is 4.15. The van der Waals surface area contributed by atoms with Gasteiger partial charge in [-0.3, -0.25) is 14.5 Å². The number of hydrogen-bond acceptors (Lipinski definition) is 4. The van der Waals surface area contributed by atoms with E-state index >= 15 is 0 Å². The van der Waals surface area contributed by atoms with Crippen molar-refractivity contribution in [2.24, 2.45) is 0 Å². The van der Waals surface area contributed by atoms with Crippen LogP contribution in [0.25, 0.3) is 0 Å². The number of carbonyl (C=O) groups is 2. The Hall–Kier alpha value is -2.27. The van der Waals surface area contributed by atoms with Crippen LogP contribution in [-0.4, -0.2) is 22.7 Å². The summed E-state index contributed by atoms with van der Waals surface area (Å²) in [6.45, 7) is 1.36. The standard InChI is InChI=1S/C17H15NO3S/c1-12(19)21-17-15-10-6-5-9-14(15)16(20)18(17)11-22-13-7-3-2-4-8-13/h2-10,17H,11H2,1H3. The number of benzene rings is 2. The maximum Gasteiger partial charge on any atom is 0.304 e. The van der Waals surface area contributed by atoms with E-state index in [1.165, 1.54) is 18.7 Å². The van der Waals surface area contributed by atoms with Crippen molar-refractivity contribution in [3.8, 4) is 0 Å². The molecule has 0 aromatic heterocycles. The summed E-state index contributed by atoms with van der Waals surface area (Å²) in [5, 5.41) is 0. The number of ether oxygens (including phenoxy) is 1. The minimum Gasteiger partial charge on any atom is -0.437 e. The normalized spacial score (nSPS) is 16.5. The molecule has 1 aliphatic rings. The van der Waals surface area contributed by atoms with Crippen LogP contribution >= 0.6 is 11.8 Å². The molecule has 0 fully saturated rings. The van der Waals surface area contributed by atoms with Gasteiger partial charge in [0.05, 0.1) is 5.88 Å². The highest BCUT2D eigenvalue weighted by atomic mass is 32.2. The second-order valence-electron chi connectivity index (χ2n) is 4.91. The van der Waals surface area contributed by atoms with Crippen LogP contribution in [0.15, 0.2) is 59.5 Å². The molecule has 4 nitrogen and oxygen atoms in total. The molecule has 1 aliphatic heterocycles. The van der Waals surface area contributed by atoms with Crippen LogP contribution in [0.2, 0.25) is 0 Å². The van der Waals surface area contributed by atoms with Gasteiger partial charge in [0.15, 0.2) is 0 Å². The lowest BCUT2D eigenvalue weighted by molar-refractivity contribution is -0.153. The van der Waals surface area contributed by atoms with Crippen LogP contribution < -0.4 is 0 Å². The average molecular weight is 313 g/mol. The number of nitrogens with zero attached hydrogens (tertiary/aromatic N) is 1. The van der Waals surface area contributed by atoms with Crippen LogP contribution in [-0.2, 0) is 9.53 Å². The van der Waals surface area contributed by atoms with E-state index in [0.717, 1.165) is 10.5 Å². The molecule has 0 saturated heterocycles. The maximum absolute atomic E-state index is 12.5. The van der Waals surface area contributed by atoms with E-state index in [2.05, 4.69) is 0 Å². The first kappa shape index (κ1) is 14.7. The van der Waals surface area contributed by atoms with Crippen molar-refractivity contribution in [2.75, 3.05) is 5.88 Å². The predicted molar refractivity (Wildman–Crippen MR) is 84.3 cm³/mol. The summed E-state index contributed by atoms with van der Waals surface area (Å²) in [5.74, 6) is -0.0790. The second-order valence-corrected chi connectivity index (χ2v) is 5.93. The third-order valence-corrected chi connectivity index (χ3v) is 4.41. The molecule has 0 radical (unpaired) electrons. The highest BCUT2D eigenvalue weighted by molar-refractivity contribution is 7.99. The number of amides is 1. The fraction of sp³-hybridized carbons (Fsp3) is 0.176. The third kappa shape index (κ3) is 2.85. The Morgan fingerprint density at radius 3 is 2.55 bits per heavy atom. The molecule has 1 atom stereocenters. The molecule has 3 rings (SSSR count). The van der Waals surface area contributed by atoms with Crippen molar-refractivity contribution in [3.05, 3.63) is 65.7 Å². The fourth-order valence-electron chi connectivity index (χ4n) is 2.41. The average Bonchev–Trinajstić information content (AvgIpc) is 2.79. The van der Waals surface area contributed by atoms with Gasteiger partial charge < -0.3 is 4.74 Å². The van der Waals surface area contributed by atoms with Gasteiger partial charge in [0.1, 0.15) is 0 Å². The lowest BCUT2D eigenvalue weighted by atomic mass is 10.1. The monoisotopic (exact) mass is 313 g/mol. The van der Waals surface area contributed by atoms with E-state index in [0.29, 0.717) is 11.4 Å². The summed E-state index contributed by atoms with van der Waals surface area (Å²) >= 11 is 1.54. The smallest absolute Gasteiger partial charge is 0.304 e. The molecule has 5 heteroatoms. The number of carbonyl (C=O) groups excluding carboxylic acids is 2. The summed E-state index contributed by atoms with van der Waals surface area (Å²) in [5.41, 5.74) is 1.35. The highest BCUT2D eigenvalue weighted by Gasteiger charge is 2.38. The van der Waals surface area contributed by atoms with Crippen molar-refractivity contribution in [1.82, 2.24) is 4.90 Å². The Labute approximate surface area is 133 Å². The van der Waals surface area contributed by atoms with Gasteiger partial charge in [-0.2, -0.15) is 0 Å². The summed E-state index contributed by atoms with van der Waals surface area (Å²) in [7, 11) is 0. The molecule has 0 saturated carbocycles. The highest BCUT2D eigenvalue weighted by Crippen LogP contribution is 2.36. The van der Waals surface area contributed by atoms with Crippen LogP contribution in [0.5, 0.6) is 0 Å². The third-order valence-electron chi connectivity index (χ3n) is 3.39. The van der Waals surface area contributed by atoms with Crippen LogP contribution in [0, 0.1) is 0 Å². The Morgan fingerprint density at radius 2 is 1.82 bits per heavy atom. The van der Waals surface area contributed by atoms with Crippen LogP contribution in [0.1, 0.15) is 29.1 Å². The molecule has 22 heavy (non-hydrogen) atoms. The summed E-state index contributed by atoms with van der Waals surface area (Å²) in [6, 6.07) is 17.1. The van der Waals surface area contributed by atoms with Gasteiger partial charge in [0.25, 0.3) is 5.91 Å². The SMILES string of the molecule is CC(=O)OC1c2ccccc2C(=O)N1CSc1ccccc1. The van der Waals surface area contributed by atoms with Crippen molar-refractivity contribution in [1.29, 1.82) is 0 Å². The molecular weight excluding hydrogens is 298 g/mol. The van der Waals surface area contributed by atoms with Gasteiger partial charge in [0, 0.05) is 22.9 Å². The van der Waals surface area contributed by atoms with Gasteiger partial charge in [-0.05, 0) is 18.2 Å². The predicted octanol–water partition coefficient (Wildman–Crippen LogP) is 3.45. The Bertz CT molecular complexity index is 702. The number of hydrogen-bond donors (Lipinski definition) is 0. The van der Waals surface area contributed by atoms with E-state index < -0.39 is 12.2 Å². The zero-order valence-electron chi connectivity index (χ0n) is 12.1. The van der Waals surface area contributed by atoms with Crippen molar-refractivity contribution in [2.45, 2.75) is 18.0 Å². The van der Waals surface area contributed by atoms with Crippen molar-refractivity contribution < 1.29 is 14.3 Å². The summed E-state index contributed by atoms with van der Waals surface area (Å²) in [6.07, 6.45) is -0.641. The van der Waals surface area contributed by atoms with E-state index in [9.17, 15) is 9.59 Å². The minimum atomic E-state index is -0.641. The lowest BCUT2D eigenvalue weighted by Crippen LogP contribution is -2.30. The number of fused-ring (bicyclic) bond motifs is 1. The maximum atomic E-state index is 12.5. The molecule has 112 valence electrons. The number of rotatable bonds is 4. The van der Waals surface area contributed by atoms with E-state index in [4.69, 9.17) is 4.74 Å². The molecule has 0 N–H and O–H groups in total. The van der Waals surface area contributed by atoms with E-state index in [1.54, 1.807) is 11.0 Å². The molecule has 2 aromatic rings. The lowest BCUT2D eigenvalue weighted by Gasteiger charge is -2.24. The molecule has 0 aliphatic carbocycles. The van der Waals surface area contributed by atoms with Gasteiger partial charge in [-0.1, -0.05) is 36.4 Å². The van der Waals surface area contributed by atoms with Gasteiger partial charge in [-0.15, -0.1) is 11.8 Å².